The van der Waals surface area contributed by atoms with Crippen molar-refractivity contribution in [3.63, 3.8) is 0 Å². The highest BCUT2D eigenvalue weighted by Crippen LogP contribution is 2.27. The van der Waals surface area contributed by atoms with E-state index >= 15 is 0 Å². The molecule has 20 heavy (non-hydrogen) atoms. The normalized spacial score (nSPS) is 25.6. The molecular weight excluding hydrogens is 251 g/mol. The van der Waals surface area contributed by atoms with Gasteiger partial charge in [-0.25, -0.2) is 4.39 Å². The monoisotopic (exact) mass is 278 g/mol. The molecule has 1 aromatic rings. The zero-order chi connectivity index (χ0) is 14.5. The lowest BCUT2D eigenvalue weighted by Crippen LogP contribution is -2.49. The summed E-state index contributed by atoms with van der Waals surface area (Å²) in [7, 11) is 0. The summed E-state index contributed by atoms with van der Waals surface area (Å²) in [6.45, 7) is 9.98. The quantitative estimate of drug-likeness (QED) is 0.885. The summed E-state index contributed by atoms with van der Waals surface area (Å²) in [6, 6.07) is 7.93. The van der Waals surface area contributed by atoms with Gasteiger partial charge >= 0.3 is 0 Å². The van der Waals surface area contributed by atoms with Crippen LogP contribution >= 0.6 is 0 Å². The minimum Gasteiger partial charge on any atom is -0.314 e. The molecule has 0 spiro atoms. The second-order valence-corrected chi connectivity index (χ2v) is 6.05. The minimum absolute atomic E-state index is 0.137. The largest absolute Gasteiger partial charge is 0.314 e. The van der Waals surface area contributed by atoms with Gasteiger partial charge in [0, 0.05) is 25.2 Å². The average molecular weight is 278 g/mol. The Hall–Kier alpha value is -0.930. The van der Waals surface area contributed by atoms with Crippen LogP contribution in [-0.4, -0.2) is 30.6 Å². The maximum atomic E-state index is 13.3. The molecule has 2 nitrogen and oxygen atoms in total. The molecule has 2 rings (SSSR count). The number of halogens is 1. The van der Waals surface area contributed by atoms with E-state index in [9.17, 15) is 4.39 Å². The fourth-order valence-electron chi connectivity index (χ4n) is 3.14. The third-order valence-corrected chi connectivity index (χ3v) is 4.47. The second-order valence-electron chi connectivity index (χ2n) is 6.05. The standard InChI is InChI=1S/C17H27FN2/c1-4-9-19-17-8-10-20(12-13(17)2)14(3)15-6-5-7-16(18)11-15/h5-7,11,13-14,17,19H,4,8-10,12H2,1-3H3. The fraction of sp³-hybridized carbons (Fsp3) is 0.647. The molecule has 0 bridgehead atoms. The first-order valence-corrected chi connectivity index (χ1v) is 7.84. The van der Waals surface area contributed by atoms with Crippen LogP contribution in [0.15, 0.2) is 24.3 Å². The Balaban J connectivity index is 1.95. The molecule has 1 N–H and O–H groups in total. The van der Waals surface area contributed by atoms with Gasteiger partial charge in [-0.2, -0.15) is 0 Å². The van der Waals surface area contributed by atoms with Crippen molar-refractivity contribution < 1.29 is 4.39 Å². The van der Waals surface area contributed by atoms with Crippen molar-refractivity contribution in [1.29, 1.82) is 0 Å². The molecule has 1 heterocycles. The van der Waals surface area contributed by atoms with E-state index in [-0.39, 0.29) is 5.82 Å². The Kier molecular flexibility index (Phi) is 5.55. The van der Waals surface area contributed by atoms with Crippen LogP contribution in [-0.2, 0) is 0 Å². The van der Waals surface area contributed by atoms with Crippen LogP contribution in [0.1, 0.15) is 45.2 Å². The molecule has 1 aliphatic rings. The minimum atomic E-state index is -0.137. The number of rotatable bonds is 5. The molecule has 0 saturated carbocycles. The van der Waals surface area contributed by atoms with Gasteiger partial charge in [-0.05, 0) is 49.9 Å². The van der Waals surface area contributed by atoms with Crippen molar-refractivity contribution in [2.45, 2.75) is 45.7 Å². The first-order chi connectivity index (χ1) is 9.61. The Bertz CT molecular complexity index is 421. The summed E-state index contributed by atoms with van der Waals surface area (Å²) < 4.78 is 13.3. The van der Waals surface area contributed by atoms with Crippen LogP contribution in [0.3, 0.4) is 0 Å². The van der Waals surface area contributed by atoms with Crippen molar-refractivity contribution in [2.75, 3.05) is 19.6 Å². The van der Waals surface area contributed by atoms with E-state index in [1.54, 1.807) is 12.1 Å². The van der Waals surface area contributed by atoms with Crippen LogP contribution in [0.25, 0.3) is 0 Å². The lowest BCUT2D eigenvalue weighted by atomic mass is 9.91. The van der Waals surface area contributed by atoms with Gasteiger partial charge in [-0.3, -0.25) is 4.90 Å². The summed E-state index contributed by atoms with van der Waals surface area (Å²) in [5.74, 6) is 0.508. The average Bonchev–Trinajstić information content (AvgIpc) is 2.45. The summed E-state index contributed by atoms with van der Waals surface area (Å²) in [5.41, 5.74) is 1.08. The van der Waals surface area contributed by atoms with Crippen LogP contribution in [0.4, 0.5) is 4.39 Å². The van der Waals surface area contributed by atoms with Crippen molar-refractivity contribution in [2.24, 2.45) is 5.92 Å². The lowest BCUT2D eigenvalue weighted by molar-refractivity contribution is 0.111. The fourth-order valence-corrected chi connectivity index (χ4v) is 3.14. The van der Waals surface area contributed by atoms with E-state index in [2.05, 4.69) is 31.0 Å². The predicted octanol–water partition coefficient (Wildman–Crippen LogP) is 3.60. The van der Waals surface area contributed by atoms with Crippen LogP contribution in [0.5, 0.6) is 0 Å². The van der Waals surface area contributed by atoms with E-state index in [0.29, 0.717) is 18.0 Å². The van der Waals surface area contributed by atoms with E-state index in [0.717, 1.165) is 25.2 Å². The highest BCUT2D eigenvalue weighted by atomic mass is 19.1. The molecule has 1 fully saturated rings. The first kappa shape index (κ1) is 15.5. The first-order valence-electron chi connectivity index (χ1n) is 7.84. The summed E-state index contributed by atoms with van der Waals surface area (Å²) in [6.07, 6.45) is 2.37. The van der Waals surface area contributed by atoms with E-state index in [1.807, 2.05) is 6.07 Å². The molecule has 0 aliphatic carbocycles. The van der Waals surface area contributed by atoms with E-state index in [1.165, 1.54) is 18.9 Å². The number of hydrogen-bond acceptors (Lipinski definition) is 2. The molecule has 0 amide bonds. The second kappa shape index (κ2) is 7.19. The SMILES string of the molecule is CCCNC1CCN(C(C)c2cccc(F)c2)CC1C. The van der Waals surface area contributed by atoms with Gasteiger partial charge in [-0.1, -0.05) is 26.0 Å². The highest BCUT2D eigenvalue weighted by molar-refractivity contribution is 5.19. The third kappa shape index (κ3) is 3.80. The van der Waals surface area contributed by atoms with Gasteiger partial charge in [0.05, 0.1) is 0 Å². The van der Waals surface area contributed by atoms with Crippen LogP contribution in [0, 0.1) is 11.7 Å². The summed E-state index contributed by atoms with van der Waals surface area (Å²) in [5, 5.41) is 3.64. The molecule has 0 radical (unpaired) electrons. The molecule has 1 saturated heterocycles. The molecule has 3 unspecified atom stereocenters. The maximum absolute atomic E-state index is 13.3. The van der Waals surface area contributed by atoms with Gasteiger partial charge in [-0.15, -0.1) is 0 Å². The third-order valence-electron chi connectivity index (χ3n) is 4.47. The van der Waals surface area contributed by atoms with Crippen molar-refractivity contribution in [3.05, 3.63) is 35.6 Å². The van der Waals surface area contributed by atoms with Gasteiger partial charge < -0.3 is 5.32 Å². The Morgan fingerprint density at radius 3 is 2.90 bits per heavy atom. The molecule has 0 aromatic heterocycles. The lowest BCUT2D eigenvalue weighted by Gasteiger charge is -2.40. The van der Waals surface area contributed by atoms with Crippen molar-refractivity contribution in [1.82, 2.24) is 10.2 Å². The van der Waals surface area contributed by atoms with E-state index < -0.39 is 0 Å². The molecule has 112 valence electrons. The zero-order valence-corrected chi connectivity index (χ0v) is 12.9. The number of hydrogen-bond donors (Lipinski definition) is 1. The number of nitrogens with zero attached hydrogens (tertiary/aromatic N) is 1. The molecule has 3 heteroatoms. The van der Waals surface area contributed by atoms with Gasteiger partial charge in [0.1, 0.15) is 5.82 Å². The Morgan fingerprint density at radius 1 is 1.45 bits per heavy atom. The van der Waals surface area contributed by atoms with Gasteiger partial charge in [0.25, 0.3) is 0 Å². The van der Waals surface area contributed by atoms with Crippen LogP contribution < -0.4 is 5.32 Å². The number of piperidine rings is 1. The number of benzene rings is 1. The molecule has 3 atom stereocenters. The Morgan fingerprint density at radius 2 is 2.25 bits per heavy atom. The maximum Gasteiger partial charge on any atom is 0.123 e. The molecular formula is C17H27FN2. The highest BCUT2D eigenvalue weighted by Gasteiger charge is 2.28. The van der Waals surface area contributed by atoms with Crippen molar-refractivity contribution >= 4 is 0 Å². The summed E-state index contributed by atoms with van der Waals surface area (Å²) >= 11 is 0. The number of likely N-dealkylation sites (tertiary alicyclic amines) is 1. The van der Waals surface area contributed by atoms with Gasteiger partial charge in [0.2, 0.25) is 0 Å². The topological polar surface area (TPSA) is 15.3 Å². The smallest absolute Gasteiger partial charge is 0.123 e. The zero-order valence-electron chi connectivity index (χ0n) is 12.9. The number of nitrogens with one attached hydrogen (secondary N) is 1. The van der Waals surface area contributed by atoms with Crippen molar-refractivity contribution in [3.8, 4) is 0 Å². The summed E-state index contributed by atoms with van der Waals surface area (Å²) in [4.78, 5) is 2.48. The molecule has 1 aliphatic heterocycles. The predicted molar refractivity (Wildman–Crippen MR) is 82.3 cm³/mol. The van der Waals surface area contributed by atoms with Gasteiger partial charge in [0.15, 0.2) is 0 Å². The van der Waals surface area contributed by atoms with E-state index in [4.69, 9.17) is 0 Å². The Labute approximate surface area is 122 Å². The molecule has 1 aromatic carbocycles. The van der Waals surface area contributed by atoms with Crippen LogP contribution in [0.2, 0.25) is 0 Å².